The number of rotatable bonds is 3. The molecule has 3 aromatic rings. The summed E-state index contributed by atoms with van der Waals surface area (Å²) in [6.07, 6.45) is 7.30. The summed E-state index contributed by atoms with van der Waals surface area (Å²) in [4.78, 5) is 12.8. The Morgan fingerprint density at radius 2 is 2.10 bits per heavy atom. The minimum Gasteiger partial charge on any atom is -0.478 e. The Kier molecular flexibility index (Phi) is 3.05. The molecule has 5 nitrogen and oxygen atoms in total. The molecule has 2 N–H and O–H groups in total. The van der Waals surface area contributed by atoms with E-state index in [4.69, 9.17) is 6.42 Å². The van der Waals surface area contributed by atoms with Crippen LogP contribution in [0.5, 0.6) is 0 Å². The van der Waals surface area contributed by atoms with E-state index >= 15 is 0 Å². The zero-order valence-electron chi connectivity index (χ0n) is 10.9. The van der Waals surface area contributed by atoms with Crippen molar-refractivity contribution in [2.24, 2.45) is 0 Å². The minimum atomic E-state index is -1.02. The number of anilines is 2. The minimum absolute atomic E-state index is 0.153. The summed E-state index contributed by atoms with van der Waals surface area (Å²) < 4.78 is 0. The van der Waals surface area contributed by atoms with Crippen LogP contribution in [0.4, 0.5) is 11.4 Å². The average molecular weight is 277 g/mol. The molecule has 2 aromatic carbocycles. The van der Waals surface area contributed by atoms with Gasteiger partial charge in [0.05, 0.1) is 28.7 Å². The summed E-state index contributed by atoms with van der Waals surface area (Å²) in [5.74, 6) is -1.02. The maximum atomic E-state index is 11.3. The smallest absolute Gasteiger partial charge is 0.337 e. The second-order valence-electron chi connectivity index (χ2n) is 4.43. The SMILES string of the molecule is C#CN(c1ccc2cn[nH]c2c1)c1ccccc1C(=O)O. The first-order valence-corrected chi connectivity index (χ1v) is 6.22. The predicted octanol–water partition coefficient (Wildman–Crippen LogP) is 2.99. The first-order valence-electron chi connectivity index (χ1n) is 6.22. The van der Waals surface area contributed by atoms with Crippen molar-refractivity contribution in [1.29, 1.82) is 0 Å². The highest BCUT2D eigenvalue weighted by Gasteiger charge is 2.16. The molecule has 0 aliphatic heterocycles. The third kappa shape index (κ3) is 2.19. The molecule has 21 heavy (non-hydrogen) atoms. The number of carbonyl (C=O) groups is 1. The number of fused-ring (bicyclic) bond motifs is 1. The number of carboxylic acid groups (broad SMARTS) is 1. The highest BCUT2D eigenvalue weighted by atomic mass is 16.4. The molecule has 0 fully saturated rings. The lowest BCUT2D eigenvalue weighted by molar-refractivity contribution is 0.0698. The number of benzene rings is 2. The number of aromatic nitrogens is 2. The highest BCUT2D eigenvalue weighted by molar-refractivity contribution is 5.97. The quantitative estimate of drug-likeness (QED) is 0.570. The molecule has 5 heteroatoms. The molecule has 0 aliphatic rings. The molecular weight excluding hydrogens is 266 g/mol. The topological polar surface area (TPSA) is 69.2 Å². The van der Waals surface area contributed by atoms with Gasteiger partial charge in [-0.25, -0.2) is 4.79 Å². The monoisotopic (exact) mass is 277 g/mol. The first-order chi connectivity index (χ1) is 10.2. The molecule has 0 bridgehead atoms. The number of terminal acetylenes is 1. The van der Waals surface area contributed by atoms with Gasteiger partial charge in [-0.05, 0) is 30.3 Å². The predicted molar refractivity (Wildman–Crippen MR) is 80.5 cm³/mol. The largest absolute Gasteiger partial charge is 0.478 e. The highest BCUT2D eigenvalue weighted by Crippen LogP contribution is 2.29. The van der Waals surface area contributed by atoms with Crippen molar-refractivity contribution < 1.29 is 9.90 Å². The van der Waals surface area contributed by atoms with E-state index < -0.39 is 5.97 Å². The molecule has 0 atom stereocenters. The molecule has 102 valence electrons. The fraction of sp³-hybridized carbons (Fsp3) is 0. The van der Waals surface area contributed by atoms with Crippen LogP contribution in [-0.2, 0) is 0 Å². The molecule has 1 aromatic heterocycles. The Morgan fingerprint density at radius 1 is 1.29 bits per heavy atom. The van der Waals surface area contributed by atoms with Crippen molar-refractivity contribution in [2.45, 2.75) is 0 Å². The number of aromatic carboxylic acids is 1. The summed E-state index contributed by atoms with van der Waals surface area (Å²) in [5.41, 5.74) is 2.13. The Labute approximate surface area is 120 Å². The lowest BCUT2D eigenvalue weighted by atomic mass is 10.1. The Balaban J connectivity index is 2.14. The fourth-order valence-electron chi connectivity index (χ4n) is 2.20. The number of nitrogens with one attached hydrogen (secondary N) is 1. The van der Waals surface area contributed by atoms with Crippen molar-refractivity contribution in [3.8, 4) is 12.5 Å². The van der Waals surface area contributed by atoms with E-state index in [1.807, 2.05) is 18.2 Å². The second-order valence-corrected chi connectivity index (χ2v) is 4.43. The summed E-state index contributed by atoms with van der Waals surface area (Å²) in [7, 11) is 0. The average Bonchev–Trinajstić information content (AvgIpc) is 2.96. The van der Waals surface area contributed by atoms with Gasteiger partial charge in [0.2, 0.25) is 0 Å². The number of hydrogen-bond donors (Lipinski definition) is 2. The van der Waals surface area contributed by atoms with Crippen LogP contribution in [0, 0.1) is 12.5 Å². The van der Waals surface area contributed by atoms with E-state index in [-0.39, 0.29) is 5.56 Å². The third-order valence-corrected chi connectivity index (χ3v) is 3.19. The summed E-state index contributed by atoms with van der Waals surface area (Å²) in [6.45, 7) is 0. The van der Waals surface area contributed by atoms with Crippen LogP contribution in [-0.4, -0.2) is 21.3 Å². The van der Waals surface area contributed by atoms with Gasteiger partial charge in [-0.2, -0.15) is 5.10 Å². The number of carboxylic acids is 1. The van der Waals surface area contributed by atoms with Crippen molar-refractivity contribution >= 4 is 28.2 Å². The second kappa shape index (κ2) is 5.02. The van der Waals surface area contributed by atoms with E-state index in [0.717, 1.165) is 10.9 Å². The van der Waals surface area contributed by atoms with Gasteiger partial charge in [0.1, 0.15) is 0 Å². The molecule has 0 unspecified atom stereocenters. The standard InChI is InChI=1S/C16H11N3O2/c1-2-19(15-6-4-3-5-13(15)16(20)21)12-8-7-11-10-17-18-14(11)9-12/h1,3-10H,(H,17,18)(H,20,21). The molecule has 0 spiro atoms. The lowest BCUT2D eigenvalue weighted by Gasteiger charge is -2.19. The van der Waals surface area contributed by atoms with Gasteiger partial charge in [0.15, 0.2) is 0 Å². The molecular formula is C16H11N3O2. The van der Waals surface area contributed by atoms with Crippen LogP contribution in [0.2, 0.25) is 0 Å². The van der Waals surface area contributed by atoms with Crippen LogP contribution in [0.3, 0.4) is 0 Å². The molecule has 0 saturated carbocycles. The van der Waals surface area contributed by atoms with Gasteiger partial charge in [-0.1, -0.05) is 18.6 Å². The van der Waals surface area contributed by atoms with E-state index in [0.29, 0.717) is 11.4 Å². The van der Waals surface area contributed by atoms with Gasteiger partial charge >= 0.3 is 5.97 Å². The van der Waals surface area contributed by atoms with Crippen LogP contribution >= 0.6 is 0 Å². The number of hydrogen-bond acceptors (Lipinski definition) is 3. The maximum absolute atomic E-state index is 11.3. The van der Waals surface area contributed by atoms with Gasteiger partial charge in [-0.15, -0.1) is 0 Å². The number of para-hydroxylation sites is 1. The summed E-state index contributed by atoms with van der Waals surface area (Å²) in [5, 5.41) is 17.1. The number of nitrogens with zero attached hydrogens (tertiary/aromatic N) is 2. The maximum Gasteiger partial charge on any atom is 0.337 e. The first kappa shape index (κ1) is 12.8. The van der Waals surface area contributed by atoms with E-state index in [1.54, 1.807) is 24.4 Å². The zero-order valence-corrected chi connectivity index (χ0v) is 10.9. The van der Waals surface area contributed by atoms with Crippen LogP contribution in [0.15, 0.2) is 48.7 Å². The van der Waals surface area contributed by atoms with Gasteiger partial charge < -0.3 is 5.11 Å². The number of H-pyrrole nitrogens is 1. The van der Waals surface area contributed by atoms with E-state index in [2.05, 4.69) is 16.2 Å². The van der Waals surface area contributed by atoms with Crippen molar-refractivity contribution in [3.05, 3.63) is 54.2 Å². The van der Waals surface area contributed by atoms with Crippen molar-refractivity contribution in [3.63, 3.8) is 0 Å². The van der Waals surface area contributed by atoms with Crippen molar-refractivity contribution in [1.82, 2.24) is 10.2 Å². The normalized spacial score (nSPS) is 10.2. The van der Waals surface area contributed by atoms with Gasteiger partial charge in [-0.3, -0.25) is 10.00 Å². The Bertz CT molecular complexity index is 861. The third-order valence-electron chi connectivity index (χ3n) is 3.19. The fourth-order valence-corrected chi connectivity index (χ4v) is 2.20. The Hall–Kier alpha value is -3.26. The molecule has 0 radical (unpaired) electrons. The van der Waals surface area contributed by atoms with Crippen LogP contribution < -0.4 is 4.90 Å². The summed E-state index contributed by atoms with van der Waals surface area (Å²) in [6, 6.07) is 14.7. The molecule has 3 rings (SSSR count). The molecule has 0 amide bonds. The lowest BCUT2D eigenvalue weighted by Crippen LogP contribution is -2.13. The van der Waals surface area contributed by atoms with Gasteiger partial charge in [0.25, 0.3) is 0 Å². The van der Waals surface area contributed by atoms with Crippen molar-refractivity contribution in [2.75, 3.05) is 4.90 Å². The van der Waals surface area contributed by atoms with Crippen LogP contribution in [0.25, 0.3) is 10.9 Å². The van der Waals surface area contributed by atoms with E-state index in [9.17, 15) is 9.90 Å². The van der Waals surface area contributed by atoms with Crippen LogP contribution in [0.1, 0.15) is 10.4 Å². The Morgan fingerprint density at radius 3 is 2.86 bits per heavy atom. The zero-order chi connectivity index (χ0) is 14.8. The molecule has 1 heterocycles. The molecule has 0 aliphatic carbocycles. The molecule has 0 saturated heterocycles. The van der Waals surface area contributed by atoms with E-state index in [1.165, 1.54) is 11.0 Å². The number of aromatic amines is 1. The van der Waals surface area contributed by atoms with Gasteiger partial charge in [0, 0.05) is 11.4 Å². The summed E-state index contributed by atoms with van der Waals surface area (Å²) >= 11 is 0.